The Labute approximate surface area is 138 Å². The summed E-state index contributed by atoms with van der Waals surface area (Å²) in [5.41, 5.74) is 1.39. The zero-order chi connectivity index (χ0) is 16.7. The second-order valence-corrected chi connectivity index (χ2v) is 6.23. The number of hydrogen-bond acceptors (Lipinski definition) is 4. The van der Waals surface area contributed by atoms with E-state index < -0.39 is 17.8 Å². The van der Waals surface area contributed by atoms with Gasteiger partial charge in [-0.05, 0) is 36.5 Å². The Kier molecular flexibility index (Phi) is 3.41. The van der Waals surface area contributed by atoms with Crippen LogP contribution in [0.25, 0.3) is 5.69 Å². The standard InChI is InChI=1S/C17H16N4O3/c22-16(14-10-4-5-11(8-10)15(14)17(23)24)19-12-2-1-3-13(9-12)21-7-6-18-20-21/h1-7,9-11,14-15H,8H2,(H,19,22)(H,23,24)/t10-,11-,14-,15+/m0/s1. The minimum Gasteiger partial charge on any atom is -0.481 e. The highest BCUT2D eigenvalue weighted by atomic mass is 16.4. The molecule has 2 aliphatic rings. The fraction of sp³-hybridized carbons (Fsp3) is 0.294. The van der Waals surface area contributed by atoms with Crippen LogP contribution in [-0.4, -0.2) is 32.0 Å². The Morgan fingerprint density at radius 3 is 2.71 bits per heavy atom. The van der Waals surface area contributed by atoms with Gasteiger partial charge in [0.25, 0.3) is 0 Å². The van der Waals surface area contributed by atoms with Crippen LogP contribution >= 0.6 is 0 Å². The van der Waals surface area contributed by atoms with Crippen LogP contribution < -0.4 is 5.32 Å². The van der Waals surface area contributed by atoms with Gasteiger partial charge in [0.1, 0.15) is 0 Å². The lowest BCUT2D eigenvalue weighted by Crippen LogP contribution is -2.36. The molecule has 1 aromatic heterocycles. The zero-order valence-electron chi connectivity index (χ0n) is 12.7. The van der Waals surface area contributed by atoms with Gasteiger partial charge in [0, 0.05) is 5.69 Å². The third-order valence-electron chi connectivity index (χ3n) is 4.85. The molecule has 4 rings (SSSR count). The summed E-state index contributed by atoms with van der Waals surface area (Å²) in [5.74, 6) is -2.33. The highest BCUT2D eigenvalue weighted by molar-refractivity contribution is 5.96. The summed E-state index contributed by atoms with van der Waals surface area (Å²) in [6, 6.07) is 7.22. The number of allylic oxidation sites excluding steroid dienone is 2. The molecule has 4 atom stereocenters. The largest absolute Gasteiger partial charge is 0.481 e. The number of rotatable bonds is 4. The van der Waals surface area contributed by atoms with Crippen molar-refractivity contribution in [1.82, 2.24) is 15.0 Å². The first kappa shape index (κ1) is 14.6. The van der Waals surface area contributed by atoms with Crippen LogP contribution in [0.5, 0.6) is 0 Å². The van der Waals surface area contributed by atoms with Crippen LogP contribution in [-0.2, 0) is 9.59 Å². The van der Waals surface area contributed by atoms with Crippen LogP contribution in [0, 0.1) is 23.7 Å². The molecule has 0 aliphatic heterocycles. The summed E-state index contributed by atoms with van der Waals surface area (Å²) in [7, 11) is 0. The van der Waals surface area contributed by atoms with Gasteiger partial charge in [0.05, 0.1) is 29.9 Å². The molecular weight excluding hydrogens is 308 g/mol. The third-order valence-corrected chi connectivity index (χ3v) is 4.85. The van der Waals surface area contributed by atoms with Crippen LogP contribution in [0.3, 0.4) is 0 Å². The average Bonchev–Trinajstić information content (AvgIpc) is 3.31. The van der Waals surface area contributed by atoms with Gasteiger partial charge in [-0.25, -0.2) is 4.68 Å². The number of aromatic nitrogens is 3. The van der Waals surface area contributed by atoms with E-state index in [-0.39, 0.29) is 17.7 Å². The number of hydrogen-bond donors (Lipinski definition) is 2. The van der Waals surface area contributed by atoms with Gasteiger partial charge < -0.3 is 10.4 Å². The van der Waals surface area contributed by atoms with Crippen molar-refractivity contribution in [3.8, 4) is 5.69 Å². The van der Waals surface area contributed by atoms with E-state index >= 15 is 0 Å². The van der Waals surface area contributed by atoms with Gasteiger partial charge in [0.2, 0.25) is 5.91 Å². The van der Waals surface area contributed by atoms with Crippen molar-refractivity contribution in [1.29, 1.82) is 0 Å². The molecule has 0 saturated heterocycles. The first-order valence-electron chi connectivity index (χ1n) is 7.82. The molecule has 7 nitrogen and oxygen atoms in total. The number of carbonyl (C=O) groups excluding carboxylic acids is 1. The molecule has 2 aliphatic carbocycles. The normalized spacial score (nSPS) is 27.3. The number of fused-ring (bicyclic) bond motifs is 2. The maximum absolute atomic E-state index is 12.7. The summed E-state index contributed by atoms with van der Waals surface area (Å²) in [6.07, 6.45) is 7.93. The van der Waals surface area contributed by atoms with Crippen LogP contribution in [0.1, 0.15) is 6.42 Å². The predicted molar refractivity (Wildman–Crippen MR) is 85.3 cm³/mol. The molecule has 0 spiro atoms. The molecule has 1 aromatic carbocycles. The highest BCUT2D eigenvalue weighted by Crippen LogP contribution is 2.48. The molecule has 7 heteroatoms. The first-order valence-corrected chi connectivity index (χ1v) is 7.82. The summed E-state index contributed by atoms with van der Waals surface area (Å²) < 4.78 is 1.59. The molecule has 2 N–H and O–H groups in total. The molecular formula is C17H16N4O3. The van der Waals surface area contributed by atoms with Gasteiger partial charge in [-0.1, -0.05) is 23.4 Å². The molecule has 122 valence electrons. The van der Waals surface area contributed by atoms with E-state index in [9.17, 15) is 14.7 Å². The summed E-state index contributed by atoms with van der Waals surface area (Å²) in [5, 5.41) is 20.0. The number of carboxylic acids is 1. The van der Waals surface area contributed by atoms with Gasteiger partial charge in [-0.3, -0.25) is 9.59 Å². The van der Waals surface area contributed by atoms with Crippen molar-refractivity contribution in [2.24, 2.45) is 23.7 Å². The minimum atomic E-state index is -0.900. The summed E-state index contributed by atoms with van der Waals surface area (Å²) >= 11 is 0. The fourth-order valence-electron chi connectivity index (χ4n) is 3.81. The molecule has 1 heterocycles. The number of amides is 1. The van der Waals surface area contributed by atoms with E-state index in [1.165, 1.54) is 0 Å². The van der Waals surface area contributed by atoms with Crippen molar-refractivity contribution in [3.05, 3.63) is 48.8 Å². The zero-order valence-corrected chi connectivity index (χ0v) is 12.7. The Balaban J connectivity index is 1.55. The second kappa shape index (κ2) is 5.59. The second-order valence-electron chi connectivity index (χ2n) is 6.23. The number of aliphatic carboxylic acids is 1. The minimum absolute atomic E-state index is 0.00889. The van der Waals surface area contributed by atoms with E-state index in [0.29, 0.717) is 5.69 Å². The van der Waals surface area contributed by atoms with E-state index in [0.717, 1.165) is 12.1 Å². The van der Waals surface area contributed by atoms with Crippen molar-refractivity contribution in [3.63, 3.8) is 0 Å². The van der Waals surface area contributed by atoms with Gasteiger partial charge in [0.15, 0.2) is 0 Å². The molecule has 1 fully saturated rings. The number of nitrogens with one attached hydrogen (secondary N) is 1. The average molecular weight is 324 g/mol. The number of anilines is 1. The number of carbonyl (C=O) groups is 2. The van der Waals surface area contributed by atoms with Crippen molar-refractivity contribution >= 4 is 17.6 Å². The SMILES string of the molecule is O=C(Nc1cccc(-n2ccnn2)c1)[C@@H]1[C@H](C(=O)O)[C@H]2C=C[C@H]1C2. The maximum Gasteiger partial charge on any atom is 0.307 e. The molecule has 2 bridgehead atoms. The van der Waals surface area contributed by atoms with Crippen LogP contribution in [0.15, 0.2) is 48.8 Å². The lowest BCUT2D eigenvalue weighted by molar-refractivity contribution is -0.146. The maximum atomic E-state index is 12.7. The van der Waals surface area contributed by atoms with Crippen molar-refractivity contribution in [2.75, 3.05) is 5.32 Å². The Hall–Kier alpha value is -2.96. The number of carboxylic acid groups (broad SMARTS) is 1. The van der Waals surface area contributed by atoms with Gasteiger partial charge >= 0.3 is 5.97 Å². The third kappa shape index (κ3) is 2.38. The Morgan fingerprint density at radius 1 is 1.21 bits per heavy atom. The molecule has 0 unspecified atom stereocenters. The van der Waals surface area contributed by atoms with Crippen LogP contribution in [0.4, 0.5) is 5.69 Å². The summed E-state index contributed by atoms with van der Waals surface area (Å²) in [4.78, 5) is 24.2. The molecule has 2 aromatic rings. The molecule has 24 heavy (non-hydrogen) atoms. The van der Waals surface area contributed by atoms with E-state index in [2.05, 4.69) is 15.6 Å². The topological polar surface area (TPSA) is 97.1 Å². The van der Waals surface area contributed by atoms with Crippen molar-refractivity contribution < 1.29 is 14.7 Å². The smallest absolute Gasteiger partial charge is 0.307 e. The molecule has 1 saturated carbocycles. The lowest BCUT2D eigenvalue weighted by Gasteiger charge is -2.23. The molecule has 0 radical (unpaired) electrons. The monoisotopic (exact) mass is 324 g/mol. The van der Waals surface area contributed by atoms with E-state index in [4.69, 9.17) is 0 Å². The first-order chi connectivity index (χ1) is 11.6. The number of nitrogens with zero attached hydrogens (tertiary/aromatic N) is 3. The quantitative estimate of drug-likeness (QED) is 0.835. The number of benzene rings is 1. The molecule has 1 amide bonds. The predicted octanol–water partition coefficient (Wildman–Crippen LogP) is 1.73. The Bertz CT molecular complexity index is 815. The summed E-state index contributed by atoms with van der Waals surface area (Å²) in [6.45, 7) is 0. The lowest BCUT2D eigenvalue weighted by atomic mass is 9.82. The fourth-order valence-corrected chi connectivity index (χ4v) is 3.81. The van der Waals surface area contributed by atoms with Gasteiger partial charge in [-0.2, -0.15) is 0 Å². The Morgan fingerprint density at radius 2 is 2.00 bits per heavy atom. The van der Waals surface area contributed by atoms with Crippen LogP contribution in [0.2, 0.25) is 0 Å². The van der Waals surface area contributed by atoms with Crippen molar-refractivity contribution in [2.45, 2.75) is 6.42 Å². The van der Waals surface area contributed by atoms with E-state index in [1.54, 1.807) is 29.2 Å². The van der Waals surface area contributed by atoms with Gasteiger partial charge in [-0.15, -0.1) is 5.10 Å². The van der Waals surface area contributed by atoms with E-state index in [1.807, 2.05) is 24.3 Å². The highest BCUT2D eigenvalue weighted by Gasteiger charge is 2.51.